The van der Waals surface area contributed by atoms with Gasteiger partial charge in [-0.25, -0.2) is 0 Å². The van der Waals surface area contributed by atoms with Crippen LogP contribution in [0.2, 0.25) is 5.02 Å². The van der Waals surface area contributed by atoms with E-state index in [0.29, 0.717) is 22.9 Å². The average Bonchev–Trinajstić information content (AvgIpc) is 2.59. The van der Waals surface area contributed by atoms with Crippen LogP contribution in [0.15, 0.2) is 48.5 Å². The standard InChI is InChI=1S/C19H20ClNO4/c1-13(2)25-18(22)11-21-19(23)16-5-3-4-6-17(16)24-12-14-7-9-15(20)10-8-14/h3-10,13H,11-12H2,1-2H3,(H,21,23). The van der Waals surface area contributed by atoms with Crippen LogP contribution in [-0.2, 0) is 16.1 Å². The predicted molar refractivity (Wildman–Crippen MR) is 95.8 cm³/mol. The second-order valence-corrected chi connectivity index (χ2v) is 6.07. The van der Waals surface area contributed by atoms with Crippen molar-refractivity contribution in [2.75, 3.05) is 6.54 Å². The van der Waals surface area contributed by atoms with Gasteiger partial charge in [0.25, 0.3) is 5.91 Å². The van der Waals surface area contributed by atoms with Gasteiger partial charge in [0.1, 0.15) is 18.9 Å². The zero-order chi connectivity index (χ0) is 18.2. The van der Waals surface area contributed by atoms with Crippen LogP contribution in [0.25, 0.3) is 0 Å². The molecule has 5 nitrogen and oxygen atoms in total. The molecule has 6 heteroatoms. The lowest BCUT2D eigenvalue weighted by atomic mass is 10.2. The van der Waals surface area contributed by atoms with Gasteiger partial charge in [0, 0.05) is 5.02 Å². The topological polar surface area (TPSA) is 64.6 Å². The first kappa shape index (κ1) is 18.8. The van der Waals surface area contributed by atoms with E-state index in [2.05, 4.69) is 5.32 Å². The molecule has 0 heterocycles. The molecule has 2 rings (SSSR count). The summed E-state index contributed by atoms with van der Waals surface area (Å²) in [6.07, 6.45) is -0.223. The molecular formula is C19H20ClNO4. The van der Waals surface area contributed by atoms with E-state index in [0.717, 1.165) is 5.56 Å². The molecule has 0 aromatic heterocycles. The lowest BCUT2D eigenvalue weighted by molar-refractivity contribution is -0.146. The van der Waals surface area contributed by atoms with Crippen molar-refractivity contribution < 1.29 is 19.1 Å². The number of ether oxygens (including phenoxy) is 2. The molecule has 0 atom stereocenters. The average molecular weight is 362 g/mol. The highest BCUT2D eigenvalue weighted by Crippen LogP contribution is 2.20. The van der Waals surface area contributed by atoms with Crippen LogP contribution in [0.4, 0.5) is 0 Å². The first-order valence-electron chi connectivity index (χ1n) is 7.89. The fourth-order valence-electron chi connectivity index (χ4n) is 2.07. The maximum atomic E-state index is 12.3. The van der Waals surface area contributed by atoms with E-state index < -0.39 is 11.9 Å². The van der Waals surface area contributed by atoms with Crippen molar-refractivity contribution in [1.82, 2.24) is 5.32 Å². The van der Waals surface area contributed by atoms with Crippen molar-refractivity contribution in [2.45, 2.75) is 26.6 Å². The second-order valence-electron chi connectivity index (χ2n) is 5.63. The Hall–Kier alpha value is -2.53. The molecule has 132 valence electrons. The van der Waals surface area contributed by atoms with Gasteiger partial charge in [-0.15, -0.1) is 0 Å². The van der Waals surface area contributed by atoms with Crippen LogP contribution >= 0.6 is 11.6 Å². The van der Waals surface area contributed by atoms with Gasteiger partial charge < -0.3 is 14.8 Å². The Morgan fingerprint density at radius 1 is 1.08 bits per heavy atom. The minimum atomic E-state index is -0.483. The summed E-state index contributed by atoms with van der Waals surface area (Å²) >= 11 is 5.86. The maximum Gasteiger partial charge on any atom is 0.325 e. The first-order chi connectivity index (χ1) is 12.0. The number of hydrogen-bond donors (Lipinski definition) is 1. The summed E-state index contributed by atoms with van der Waals surface area (Å²) in [7, 11) is 0. The van der Waals surface area contributed by atoms with E-state index in [1.54, 1.807) is 50.2 Å². The minimum absolute atomic E-state index is 0.192. The Labute approximate surface area is 151 Å². The molecule has 2 aromatic rings. The van der Waals surface area contributed by atoms with Crippen molar-refractivity contribution in [3.05, 3.63) is 64.7 Å². The highest BCUT2D eigenvalue weighted by atomic mass is 35.5. The summed E-state index contributed by atoms with van der Waals surface area (Å²) in [4.78, 5) is 23.8. The molecule has 0 saturated heterocycles. The molecule has 0 unspecified atom stereocenters. The van der Waals surface area contributed by atoms with E-state index in [1.807, 2.05) is 12.1 Å². The number of esters is 1. The summed E-state index contributed by atoms with van der Waals surface area (Å²) < 4.78 is 10.7. The number of halogens is 1. The van der Waals surface area contributed by atoms with E-state index in [1.165, 1.54) is 0 Å². The van der Waals surface area contributed by atoms with Gasteiger partial charge in [-0.2, -0.15) is 0 Å². The van der Waals surface area contributed by atoms with E-state index in [9.17, 15) is 9.59 Å². The molecule has 0 radical (unpaired) electrons. The summed E-state index contributed by atoms with van der Waals surface area (Å²) in [6.45, 7) is 3.61. The summed E-state index contributed by atoms with van der Waals surface area (Å²) in [5, 5.41) is 3.19. The second kappa shape index (κ2) is 9.08. The largest absolute Gasteiger partial charge is 0.488 e. The SMILES string of the molecule is CC(C)OC(=O)CNC(=O)c1ccccc1OCc1ccc(Cl)cc1. The molecule has 0 fully saturated rings. The lowest BCUT2D eigenvalue weighted by Crippen LogP contribution is -2.31. The van der Waals surface area contributed by atoms with Gasteiger partial charge in [0.2, 0.25) is 0 Å². The molecule has 0 aliphatic rings. The zero-order valence-corrected chi connectivity index (χ0v) is 14.9. The van der Waals surface area contributed by atoms with Gasteiger partial charge in [0.05, 0.1) is 11.7 Å². The highest BCUT2D eigenvalue weighted by molar-refractivity contribution is 6.30. The lowest BCUT2D eigenvalue weighted by Gasteiger charge is -2.12. The smallest absolute Gasteiger partial charge is 0.325 e. The van der Waals surface area contributed by atoms with Crippen molar-refractivity contribution in [3.8, 4) is 5.75 Å². The molecule has 1 amide bonds. The van der Waals surface area contributed by atoms with Crippen molar-refractivity contribution in [2.24, 2.45) is 0 Å². The van der Waals surface area contributed by atoms with Crippen molar-refractivity contribution in [1.29, 1.82) is 0 Å². The van der Waals surface area contributed by atoms with Crippen LogP contribution in [0.3, 0.4) is 0 Å². The number of hydrogen-bond acceptors (Lipinski definition) is 4. The molecule has 0 saturated carbocycles. The highest BCUT2D eigenvalue weighted by Gasteiger charge is 2.14. The van der Waals surface area contributed by atoms with Crippen molar-refractivity contribution in [3.63, 3.8) is 0 Å². The summed E-state index contributed by atoms with van der Waals surface area (Å²) in [5.74, 6) is -0.442. The number of nitrogens with one attached hydrogen (secondary N) is 1. The molecule has 0 aliphatic carbocycles. The van der Waals surface area contributed by atoms with Gasteiger partial charge in [0.15, 0.2) is 0 Å². The third kappa shape index (κ3) is 6.12. The van der Waals surface area contributed by atoms with E-state index in [4.69, 9.17) is 21.1 Å². The fourth-order valence-corrected chi connectivity index (χ4v) is 2.20. The van der Waals surface area contributed by atoms with Crippen molar-refractivity contribution >= 4 is 23.5 Å². The third-order valence-electron chi connectivity index (χ3n) is 3.20. The summed E-state index contributed by atoms with van der Waals surface area (Å²) in [5.41, 5.74) is 1.29. The van der Waals surface area contributed by atoms with Crippen LogP contribution < -0.4 is 10.1 Å². The Balaban J connectivity index is 1.98. The Bertz CT molecular complexity index is 728. The number of amides is 1. The van der Waals surface area contributed by atoms with E-state index in [-0.39, 0.29) is 12.6 Å². The van der Waals surface area contributed by atoms with Gasteiger partial charge >= 0.3 is 5.97 Å². The zero-order valence-electron chi connectivity index (χ0n) is 14.1. The maximum absolute atomic E-state index is 12.3. The predicted octanol–water partition coefficient (Wildman–Crippen LogP) is 3.60. The summed E-state index contributed by atoms with van der Waals surface area (Å²) in [6, 6.07) is 14.1. The van der Waals surface area contributed by atoms with Gasteiger partial charge in [-0.3, -0.25) is 9.59 Å². The quantitative estimate of drug-likeness (QED) is 0.765. The molecule has 2 aromatic carbocycles. The molecule has 25 heavy (non-hydrogen) atoms. The Morgan fingerprint density at radius 2 is 1.76 bits per heavy atom. The Kier molecular flexibility index (Phi) is 6.83. The van der Waals surface area contributed by atoms with Gasteiger partial charge in [-0.1, -0.05) is 35.9 Å². The fraction of sp³-hybridized carbons (Fsp3) is 0.263. The minimum Gasteiger partial charge on any atom is -0.488 e. The third-order valence-corrected chi connectivity index (χ3v) is 3.45. The molecule has 1 N–H and O–H groups in total. The number of para-hydroxylation sites is 1. The van der Waals surface area contributed by atoms with Crippen LogP contribution in [-0.4, -0.2) is 24.5 Å². The molecule has 0 spiro atoms. The number of carbonyl (C=O) groups is 2. The Morgan fingerprint density at radius 3 is 2.44 bits per heavy atom. The monoisotopic (exact) mass is 361 g/mol. The normalized spacial score (nSPS) is 10.4. The molecule has 0 bridgehead atoms. The first-order valence-corrected chi connectivity index (χ1v) is 8.27. The van der Waals surface area contributed by atoms with Gasteiger partial charge in [-0.05, 0) is 43.7 Å². The molecular weight excluding hydrogens is 342 g/mol. The number of carbonyl (C=O) groups excluding carboxylic acids is 2. The van der Waals surface area contributed by atoms with E-state index >= 15 is 0 Å². The van der Waals surface area contributed by atoms with Crippen LogP contribution in [0, 0.1) is 0 Å². The number of benzene rings is 2. The van der Waals surface area contributed by atoms with Crippen LogP contribution in [0.1, 0.15) is 29.8 Å². The van der Waals surface area contributed by atoms with Crippen LogP contribution in [0.5, 0.6) is 5.75 Å². The molecule has 0 aliphatic heterocycles. The number of rotatable bonds is 7.